The highest BCUT2D eigenvalue weighted by atomic mass is 35.5. The molecule has 4 nitrogen and oxygen atoms in total. The van der Waals surface area contributed by atoms with Gasteiger partial charge in [0.05, 0.1) is 5.02 Å². The molecule has 2 aromatic heterocycles. The van der Waals surface area contributed by atoms with Gasteiger partial charge in [0, 0.05) is 38.9 Å². The smallest absolute Gasteiger partial charge is 0.164 e. The highest BCUT2D eigenvalue weighted by Crippen LogP contribution is 2.39. The van der Waals surface area contributed by atoms with Gasteiger partial charge < -0.3 is 4.42 Å². The molecule has 46 heavy (non-hydrogen) atoms. The minimum atomic E-state index is 0.577. The Morgan fingerprint density at radius 1 is 0.391 bits per heavy atom. The number of halogens is 1. The Morgan fingerprint density at radius 2 is 0.978 bits per heavy atom. The zero-order valence-electron chi connectivity index (χ0n) is 24.5. The first-order chi connectivity index (χ1) is 22.7. The lowest BCUT2D eigenvalue weighted by Crippen LogP contribution is -2.00. The summed E-state index contributed by atoms with van der Waals surface area (Å²) in [6.45, 7) is 0. The molecule has 0 spiro atoms. The number of rotatable bonds is 4. The summed E-state index contributed by atoms with van der Waals surface area (Å²) in [7, 11) is 0. The molecule has 0 fully saturated rings. The maximum Gasteiger partial charge on any atom is 0.164 e. The summed E-state index contributed by atoms with van der Waals surface area (Å²) >= 11 is 6.62. The van der Waals surface area contributed by atoms with Gasteiger partial charge in [0.15, 0.2) is 17.5 Å². The Hall–Kier alpha value is -5.84. The molecule has 0 radical (unpaired) electrons. The van der Waals surface area contributed by atoms with Gasteiger partial charge in [-0.05, 0) is 45.5 Å². The van der Waals surface area contributed by atoms with Gasteiger partial charge in [-0.2, -0.15) is 0 Å². The molecule has 5 heteroatoms. The summed E-state index contributed by atoms with van der Waals surface area (Å²) < 4.78 is 6.36. The van der Waals surface area contributed by atoms with Crippen LogP contribution in [0.5, 0.6) is 0 Å². The van der Waals surface area contributed by atoms with E-state index >= 15 is 0 Å². The van der Waals surface area contributed by atoms with E-state index < -0.39 is 0 Å². The number of furan rings is 1. The molecule has 0 saturated heterocycles. The fourth-order valence-corrected chi connectivity index (χ4v) is 6.53. The van der Waals surface area contributed by atoms with Crippen molar-refractivity contribution in [2.45, 2.75) is 0 Å². The molecule has 0 bridgehead atoms. The lowest BCUT2D eigenvalue weighted by Gasteiger charge is -2.09. The van der Waals surface area contributed by atoms with Crippen LogP contribution in [-0.4, -0.2) is 15.0 Å². The van der Waals surface area contributed by atoms with Crippen molar-refractivity contribution in [3.8, 4) is 45.3 Å². The van der Waals surface area contributed by atoms with E-state index in [1.54, 1.807) is 0 Å². The molecular formula is C41H24ClN3O. The van der Waals surface area contributed by atoms with Crippen LogP contribution in [0, 0.1) is 0 Å². The molecule has 9 aromatic rings. The average molecular weight is 610 g/mol. The highest BCUT2D eigenvalue weighted by molar-refractivity contribution is 6.38. The van der Waals surface area contributed by atoms with E-state index in [-0.39, 0.29) is 0 Å². The Kier molecular flexibility index (Phi) is 6.15. The highest BCUT2D eigenvalue weighted by Gasteiger charge is 2.17. The Bertz CT molecular complexity index is 2590. The molecule has 2 heterocycles. The zero-order valence-corrected chi connectivity index (χ0v) is 25.2. The van der Waals surface area contributed by atoms with Gasteiger partial charge in [-0.25, -0.2) is 15.0 Å². The molecule has 0 aliphatic carbocycles. The van der Waals surface area contributed by atoms with Crippen LogP contribution in [0.15, 0.2) is 150 Å². The van der Waals surface area contributed by atoms with Crippen molar-refractivity contribution < 1.29 is 4.42 Å². The van der Waals surface area contributed by atoms with Crippen molar-refractivity contribution in [1.82, 2.24) is 15.0 Å². The van der Waals surface area contributed by atoms with Gasteiger partial charge in [0.2, 0.25) is 0 Å². The van der Waals surface area contributed by atoms with Gasteiger partial charge in [-0.15, -0.1) is 0 Å². The van der Waals surface area contributed by atoms with Crippen LogP contribution in [0.3, 0.4) is 0 Å². The van der Waals surface area contributed by atoms with Gasteiger partial charge >= 0.3 is 0 Å². The molecule has 0 saturated carbocycles. The summed E-state index contributed by atoms with van der Waals surface area (Å²) in [6, 6.07) is 49.6. The van der Waals surface area contributed by atoms with E-state index in [1.165, 1.54) is 16.3 Å². The largest absolute Gasteiger partial charge is 0.456 e. The second-order valence-corrected chi connectivity index (χ2v) is 11.8. The van der Waals surface area contributed by atoms with Crippen LogP contribution in [0.2, 0.25) is 5.02 Å². The summed E-state index contributed by atoms with van der Waals surface area (Å²) in [5.41, 5.74) is 6.49. The van der Waals surface area contributed by atoms with Crippen LogP contribution < -0.4 is 0 Å². The number of benzene rings is 7. The SMILES string of the molecule is Clc1cc2oc3cc(-c4nc(-c5ccccc5)nc(-c5ccc(-c6ccc7ccccc7c6)cc5)n4)ccc3c2c2ccccc12. The number of hydrogen-bond donors (Lipinski definition) is 0. The zero-order chi connectivity index (χ0) is 30.6. The van der Waals surface area contributed by atoms with E-state index in [9.17, 15) is 0 Å². The quantitative estimate of drug-likeness (QED) is 0.199. The minimum absolute atomic E-state index is 0.577. The normalized spacial score (nSPS) is 11.6. The third-order valence-electron chi connectivity index (χ3n) is 8.58. The van der Waals surface area contributed by atoms with Crippen molar-refractivity contribution >= 4 is 55.1 Å². The summed E-state index contributed by atoms with van der Waals surface area (Å²) in [4.78, 5) is 14.8. The second-order valence-electron chi connectivity index (χ2n) is 11.4. The fraction of sp³-hybridized carbons (Fsp3) is 0. The molecule has 0 unspecified atom stereocenters. The first-order valence-electron chi connectivity index (χ1n) is 15.1. The molecule has 216 valence electrons. The number of fused-ring (bicyclic) bond motifs is 6. The van der Waals surface area contributed by atoms with Gasteiger partial charge in [-0.3, -0.25) is 0 Å². The maximum atomic E-state index is 6.62. The maximum absolute atomic E-state index is 6.62. The molecule has 0 aliphatic rings. The van der Waals surface area contributed by atoms with Crippen molar-refractivity contribution in [3.63, 3.8) is 0 Å². The molecule has 0 N–H and O–H groups in total. The van der Waals surface area contributed by atoms with Crippen LogP contribution in [0.4, 0.5) is 0 Å². The minimum Gasteiger partial charge on any atom is -0.456 e. The molecule has 9 rings (SSSR count). The van der Waals surface area contributed by atoms with E-state index in [4.69, 9.17) is 31.0 Å². The first kappa shape index (κ1) is 26.6. The van der Waals surface area contributed by atoms with Gasteiger partial charge in [0.1, 0.15) is 11.2 Å². The van der Waals surface area contributed by atoms with E-state index in [0.29, 0.717) is 22.5 Å². The molecule has 0 amide bonds. The van der Waals surface area contributed by atoms with Gasteiger partial charge in [0.25, 0.3) is 0 Å². The van der Waals surface area contributed by atoms with Crippen LogP contribution in [0.1, 0.15) is 0 Å². The lowest BCUT2D eigenvalue weighted by molar-refractivity contribution is 0.669. The molecule has 0 aliphatic heterocycles. The van der Waals surface area contributed by atoms with Gasteiger partial charge in [-0.1, -0.05) is 133 Å². The monoisotopic (exact) mass is 609 g/mol. The third-order valence-corrected chi connectivity index (χ3v) is 8.89. The summed E-state index contributed by atoms with van der Waals surface area (Å²) in [5, 5.41) is 7.26. The van der Waals surface area contributed by atoms with Crippen LogP contribution in [0.25, 0.3) is 88.8 Å². The molecule has 0 atom stereocenters. The predicted octanol–water partition coefficient (Wildman–Crippen LogP) is 11.4. The standard InChI is InChI=1S/C41H24ClN3O/c42-35-24-37-38(33-13-7-6-12-32(33)35)34-21-20-31(23-36(34)46-37)41-44-39(27-9-2-1-3-10-27)43-40(45-41)28-17-14-26(15-18-28)30-19-16-25-8-4-5-11-29(25)22-30/h1-24H. The van der Waals surface area contributed by atoms with E-state index in [2.05, 4.69) is 84.9 Å². The van der Waals surface area contributed by atoms with Crippen molar-refractivity contribution in [2.24, 2.45) is 0 Å². The van der Waals surface area contributed by atoms with Crippen molar-refractivity contribution in [2.75, 3.05) is 0 Å². The Balaban J connectivity index is 1.16. The fourth-order valence-electron chi connectivity index (χ4n) is 6.27. The summed E-state index contributed by atoms with van der Waals surface area (Å²) in [6.07, 6.45) is 0. The lowest BCUT2D eigenvalue weighted by atomic mass is 10.00. The summed E-state index contributed by atoms with van der Waals surface area (Å²) in [5.74, 6) is 1.80. The van der Waals surface area contributed by atoms with Crippen molar-refractivity contribution in [3.05, 3.63) is 151 Å². The molecular weight excluding hydrogens is 586 g/mol. The Labute approximate surface area is 269 Å². The number of nitrogens with zero attached hydrogens (tertiary/aromatic N) is 3. The second kappa shape index (κ2) is 10.7. The molecule has 7 aromatic carbocycles. The predicted molar refractivity (Wildman–Crippen MR) is 189 cm³/mol. The van der Waals surface area contributed by atoms with E-state index in [0.717, 1.165) is 55.0 Å². The number of aromatic nitrogens is 3. The average Bonchev–Trinajstić information content (AvgIpc) is 3.49. The topological polar surface area (TPSA) is 51.8 Å². The first-order valence-corrected chi connectivity index (χ1v) is 15.5. The Morgan fingerprint density at radius 3 is 1.76 bits per heavy atom. The van der Waals surface area contributed by atoms with Crippen LogP contribution >= 0.6 is 11.6 Å². The van der Waals surface area contributed by atoms with Crippen molar-refractivity contribution in [1.29, 1.82) is 0 Å². The van der Waals surface area contributed by atoms with Crippen LogP contribution in [-0.2, 0) is 0 Å². The number of hydrogen-bond acceptors (Lipinski definition) is 4. The third kappa shape index (κ3) is 4.50. The van der Waals surface area contributed by atoms with E-state index in [1.807, 2.05) is 60.7 Å².